The number of hydrogen-bond donors (Lipinski definition) is 2. The highest BCUT2D eigenvalue weighted by molar-refractivity contribution is 7.13. The van der Waals surface area contributed by atoms with E-state index >= 15 is 0 Å². The molecule has 0 aliphatic carbocycles. The van der Waals surface area contributed by atoms with Crippen LogP contribution in [0.25, 0.3) is 0 Å². The van der Waals surface area contributed by atoms with Crippen LogP contribution in [0.2, 0.25) is 0 Å². The van der Waals surface area contributed by atoms with E-state index in [1.54, 1.807) is 25.5 Å². The molecule has 146 valence electrons. The van der Waals surface area contributed by atoms with E-state index in [4.69, 9.17) is 4.74 Å². The Balaban J connectivity index is 1.54. The topological polar surface area (TPSA) is 66.5 Å². The molecule has 3 rings (SSSR count). The highest BCUT2D eigenvalue weighted by atomic mass is 32.1. The normalized spacial score (nSPS) is 10.7. The first kappa shape index (κ1) is 19.9. The largest absolute Gasteiger partial charge is 0.497 e. The predicted molar refractivity (Wildman–Crippen MR) is 113 cm³/mol. The Morgan fingerprint density at radius 1 is 1.11 bits per heavy atom. The van der Waals surface area contributed by atoms with Crippen molar-refractivity contribution >= 4 is 28.1 Å². The van der Waals surface area contributed by atoms with Crippen LogP contribution in [0.4, 0.5) is 10.8 Å². The van der Waals surface area contributed by atoms with E-state index in [1.165, 1.54) is 0 Å². The van der Waals surface area contributed by atoms with Crippen molar-refractivity contribution in [1.82, 2.24) is 15.2 Å². The number of carbonyl (C=O) groups excluding carboxylic acids is 1. The number of nitrogens with one attached hydrogen (secondary N) is 2. The van der Waals surface area contributed by atoms with Crippen molar-refractivity contribution in [3.63, 3.8) is 0 Å². The molecule has 0 spiro atoms. The summed E-state index contributed by atoms with van der Waals surface area (Å²) >= 11 is 1.59. The number of thiazole rings is 1. The van der Waals surface area contributed by atoms with Gasteiger partial charge in [0, 0.05) is 36.8 Å². The summed E-state index contributed by atoms with van der Waals surface area (Å²) < 4.78 is 5.17. The summed E-state index contributed by atoms with van der Waals surface area (Å²) in [7, 11) is 5.35. The molecule has 7 heteroatoms. The van der Waals surface area contributed by atoms with Gasteiger partial charge in [-0.05, 0) is 49.0 Å². The molecular formula is C21H24N4O2S. The monoisotopic (exact) mass is 396 g/mol. The molecular weight excluding hydrogens is 372 g/mol. The maximum absolute atomic E-state index is 11.6. The average molecular weight is 397 g/mol. The molecule has 0 aliphatic rings. The van der Waals surface area contributed by atoms with Crippen molar-refractivity contribution in [2.45, 2.75) is 13.1 Å². The Kier molecular flexibility index (Phi) is 6.62. The van der Waals surface area contributed by atoms with Gasteiger partial charge in [0.1, 0.15) is 5.75 Å². The number of methoxy groups -OCH3 is 1. The second-order valence-electron chi connectivity index (χ2n) is 6.45. The van der Waals surface area contributed by atoms with Crippen molar-refractivity contribution in [2.24, 2.45) is 0 Å². The van der Waals surface area contributed by atoms with Gasteiger partial charge in [0.25, 0.3) is 5.91 Å². The summed E-state index contributed by atoms with van der Waals surface area (Å²) in [6.07, 6.45) is 0. The third-order valence-corrected chi connectivity index (χ3v) is 5.03. The summed E-state index contributed by atoms with van der Waals surface area (Å²) in [5.74, 6) is 0.759. The quantitative estimate of drug-likeness (QED) is 0.605. The molecule has 0 radical (unpaired) electrons. The molecule has 1 amide bonds. The summed E-state index contributed by atoms with van der Waals surface area (Å²) in [5.41, 5.74) is 3.82. The fourth-order valence-corrected chi connectivity index (χ4v) is 3.51. The fourth-order valence-electron chi connectivity index (χ4n) is 2.78. The number of benzene rings is 2. The van der Waals surface area contributed by atoms with E-state index in [9.17, 15) is 4.79 Å². The molecule has 2 N–H and O–H groups in total. The van der Waals surface area contributed by atoms with E-state index < -0.39 is 0 Å². The zero-order chi connectivity index (χ0) is 19.9. The van der Waals surface area contributed by atoms with Gasteiger partial charge in [-0.3, -0.25) is 9.69 Å². The van der Waals surface area contributed by atoms with Crippen LogP contribution in [0.15, 0.2) is 53.9 Å². The highest BCUT2D eigenvalue weighted by Crippen LogP contribution is 2.23. The molecule has 0 unspecified atom stereocenters. The van der Waals surface area contributed by atoms with Gasteiger partial charge in [-0.2, -0.15) is 0 Å². The molecule has 3 aromatic rings. The third kappa shape index (κ3) is 5.31. The van der Waals surface area contributed by atoms with Crippen LogP contribution >= 0.6 is 11.3 Å². The molecule has 28 heavy (non-hydrogen) atoms. The van der Waals surface area contributed by atoms with Gasteiger partial charge >= 0.3 is 0 Å². The minimum Gasteiger partial charge on any atom is -0.497 e. The maximum atomic E-state index is 11.6. The minimum atomic E-state index is -0.0701. The van der Waals surface area contributed by atoms with Gasteiger partial charge in [-0.15, -0.1) is 11.3 Å². The third-order valence-electron chi connectivity index (χ3n) is 4.22. The van der Waals surface area contributed by atoms with Crippen molar-refractivity contribution in [3.05, 3.63) is 70.7 Å². The Morgan fingerprint density at radius 3 is 2.46 bits per heavy atom. The zero-order valence-corrected chi connectivity index (χ0v) is 17.0. The SMILES string of the molecule is CNC(=O)c1ccc(CN(C)Cc2csc(Nc3ccc(OC)cc3)n2)cc1. The molecule has 1 heterocycles. The maximum Gasteiger partial charge on any atom is 0.251 e. The van der Waals surface area contributed by atoms with Crippen LogP contribution in [0.3, 0.4) is 0 Å². The van der Waals surface area contributed by atoms with E-state index in [1.807, 2.05) is 48.5 Å². The molecule has 0 saturated carbocycles. The van der Waals surface area contributed by atoms with E-state index in [2.05, 4.69) is 32.9 Å². The number of nitrogens with zero attached hydrogens (tertiary/aromatic N) is 2. The predicted octanol–water partition coefficient (Wildman–Crippen LogP) is 3.89. The number of aromatic nitrogens is 1. The van der Waals surface area contributed by atoms with E-state index in [-0.39, 0.29) is 5.91 Å². The zero-order valence-electron chi connectivity index (χ0n) is 16.2. The number of hydrogen-bond acceptors (Lipinski definition) is 6. The minimum absolute atomic E-state index is 0.0701. The lowest BCUT2D eigenvalue weighted by molar-refractivity contribution is 0.0963. The van der Waals surface area contributed by atoms with Crippen molar-refractivity contribution in [3.8, 4) is 5.75 Å². The lowest BCUT2D eigenvalue weighted by Crippen LogP contribution is -2.19. The highest BCUT2D eigenvalue weighted by Gasteiger charge is 2.08. The molecule has 2 aromatic carbocycles. The summed E-state index contributed by atoms with van der Waals surface area (Å²) in [4.78, 5) is 18.5. The molecule has 0 saturated heterocycles. The van der Waals surface area contributed by atoms with Crippen LogP contribution in [-0.2, 0) is 13.1 Å². The Morgan fingerprint density at radius 2 is 1.82 bits per heavy atom. The number of ether oxygens (including phenoxy) is 1. The number of amides is 1. The van der Waals surface area contributed by atoms with Crippen molar-refractivity contribution in [2.75, 3.05) is 26.5 Å². The number of rotatable bonds is 8. The lowest BCUT2D eigenvalue weighted by atomic mass is 10.1. The van der Waals surface area contributed by atoms with Crippen LogP contribution in [0, 0.1) is 0 Å². The number of carbonyl (C=O) groups is 1. The molecule has 6 nitrogen and oxygen atoms in total. The van der Waals surface area contributed by atoms with Gasteiger partial charge < -0.3 is 15.4 Å². The smallest absolute Gasteiger partial charge is 0.251 e. The first-order chi connectivity index (χ1) is 13.6. The molecule has 0 bridgehead atoms. The molecule has 0 atom stereocenters. The summed E-state index contributed by atoms with van der Waals surface area (Å²) in [6, 6.07) is 15.4. The summed E-state index contributed by atoms with van der Waals surface area (Å²) in [5, 5.41) is 8.88. The Labute approximate surface area is 169 Å². The van der Waals surface area contributed by atoms with E-state index in [0.717, 1.165) is 40.9 Å². The van der Waals surface area contributed by atoms with Crippen LogP contribution in [-0.4, -0.2) is 37.0 Å². The summed E-state index contributed by atoms with van der Waals surface area (Å²) in [6.45, 7) is 1.53. The molecule has 1 aromatic heterocycles. The Hall–Kier alpha value is -2.90. The molecule has 0 aliphatic heterocycles. The van der Waals surface area contributed by atoms with Crippen LogP contribution < -0.4 is 15.4 Å². The van der Waals surface area contributed by atoms with Crippen molar-refractivity contribution < 1.29 is 9.53 Å². The Bertz CT molecular complexity index is 907. The second-order valence-corrected chi connectivity index (χ2v) is 7.30. The lowest BCUT2D eigenvalue weighted by Gasteiger charge is -2.15. The van der Waals surface area contributed by atoms with Crippen LogP contribution in [0.5, 0.6) is 5.75 Å². The van der Waals surface area contributed by atoms with Gasteiger partial charge in [-0.1, -0.05) is 12.1 Å². The van der Waals surface area contributed by atoms with Gasteiger partial charge in [0.05, 0.1) is 12.8 Å². The molecule has 0 fully saturated rings. The first-order valence-electron chi connectivity index (χ1n) is 8.92. The fraction of sp³-hybridized carbons (Fsp3) is 0.238. The van der Waals surface area contributed by atoms with Gasteiger partial charge in [-0.25, -0.2) is 4.98 Å². The number of anilines is 2. The second kappa shape index (κ2) is 9.34. The average Bonchev–Trinajstić information content (AvgIpc) is 3.15. The van der Waals surface area contributed by atoms with Crippen LogP contribution in [0.1, 0.15) is 21.6 Å². The van der Waals surface area contributed by atoms with Gasteiger partial charge in [0.15, 0.2) is 5.13 Å². The first-order valence-corrected chi connectivity index (χ1v) is 9.80. The van der Waals surface area contributed by atoms with E-state index in [0.29, 0.717) is 5.56 Å². The van der Waals surface area contributed by atoms with Gasteiger partial charge in [0.2, 0.25) is 0 Å². The van der Waals surface area contributed by atoms with Crippen molar-refractivity contribution in [1.29, 1.82) is 0 Å². The standard InChI is InChI=1S/C21H24N4O2S/c1-22-20(26)16-6-4-15(5-7-16)12-25(2)13-18-14-28-21(24-18)23-17-8-10-19(27-3)11-9-17/h4-11,14H,12-13H2,1-3H3,(H,22,26)(H,23,24).